The Kier molecular flexibility index (Phi) is 7.10. The summed E-state index contributed by atoms with van der Waals surface area (Å²) in [6.45, 7) is 0.0557. The Morgan fingerprint density at radius 3 is 2.71 bits per heavy atom. The summed E-state index contributed by atoms with van der Waals surface area (Å²) in [7, 11) is 0. The van der Waals surface area contributed by atoms with Crippen LogP contribution >= 0.6 is 0 Å². The second-order valence-corrected chi connectivity index (χ2v) is 9.80. The van der Waals surface area contributed by atoms with Crippen LogP contribution in [0.3, 0.4) is 0 Å². The first-order chi connectivity index (χ1) is 20.4. The van der Waals surface area contributed by atoms with Crippen LogP contribution in [0, 0.1) is 11.6 Å². The molecule has 2 aromatic heterocycles. The zero-order valence-electron chi connectivity index (χ0n) is 22.1. The molecule has 8 nitrogen and oxygen atoms in total. The molecule has 1 unspecified atom stereocenters. The molecule has 6 rings (SSSR count). The van der Waals surface area contributed by atoms with E-state index in [-0.39, 0.29) is 24.6 Å². The lowest BCUT2D eigenvalue weighted by atomic mass is 9.95. The molecule has 3 heterocycles. The third-order valence-corrected chi connectivity index (χ3v) is 7.00. The number of anilines is 1. The number of carbonyl (C=O) groups is 2. The highest BCUT2D eigenvalue weighted by molar-refractivity contribution is 6.05. The molecule has 0 radical (unpaired) electrons. The summed E-state index contributed by atoms with van der Waals surface area (Å²) < 4.78 is 27.9. The lowest BCUT2D eigenvalue weighted by Gasteiger charge is -2.10. The number of nitrogens with zero attached hydrogens (tertiary/aromatic N) is 3. The van der Waals surface area contributed by atoms with Gasteiger partial charge in [0.05, 0.1) is 24.1 Å². The molecule has 5 aromatic rings. The Morgan fingerprint density at radius 1 is 1.00 bits per heavy atom. The first-order valence-electron chi connectivity index (χ1n) is 13.1. The highest BCUT2D eigenvalue weighted by atomic mass is 19.2. The van der Waals surface area contributed by atoms with E-state index in [1.165, 1.54) is 12.4 Å². The largest absolute Gasteiger partial charge is 0.348 e. The molecule has 0 saturated carbocycles. The van der Waals surface area contributed by atoms with Crippen LogP contribution < -0.4 is 16.2 Å². The third-order valence-electron chi connectivity index (χ3n) is 7.00. The SMILES string of the molecule is O=C(NCC=Cc1ccc2c(c1)NC(=O)C2c1ccc2ccccc2n1)c1cncn(Cc2ccc(F)c(F)c2)c1=O. The highest BCUT2D eigenvalue weighted by Gasteiger charge is 2.33. The minimum atomic E-state index is -1.03. The van der Waals surface area contributed by atoms with Gasteiger partial charge in [-0.25, -0.2) is 13.8 Å². The van der Waals surface area contributed by atoms with E-state index in [1.807, 2.05) is 54.6 Å². The van der Waals surface area contributed by atoms with Crippen molar-refractivity contribution in [1.29, 1.82) is 0 Å². The highest BCUT2D eigenvalue weighted by Crippen LogP contribution is 2.37. The fraction of sp³-hybridized carbons (Fsp3) is 0.0938. The average molecular weight is 564 g/mol. The number of rotatable bonds is 7. The first-order valence-corrected chi connectivity index (χ1v) is 13.1. The normalized spacial score (nSPS) is 14.2. The number of aromatic nitrogens is 3. The van der Waals surface area contributed by atoms with Gasteiger partial charge in [0.2, 0.25) is 5.91 Å². The van der Waals surface area contributed by atoms with Crippen LogP contribution in [0.25, 0.3) is 17.0 Å². The molecule has 0 bridgehead atoms. The Morgan fingerprint density at radius 2 is 1.86 bits per heavy atom. The van der Waals surface area contributed by atoms with Crippen LogP contribution in [0.4, 0.5) is 14.5 Å². The van der Waals surface area contributed by atoms with E-state index in [2.05, 4.69) is 15.6 Å². The van der Waals surface area contributed by atoms with Gasteiger partial charge in [0.25, 0.3) is 11.5 Å². The minimum Gasteiger partial charge on any atom is -0.348 e. The summed E-state index contributed by atoms with van der Waals surface area (Å²) in [5.74, 6) is -3.29. The van der Waals surface area contributed by atoms with Crippen molar-refractivity contribution >= 4 is 34.5 Å². The monoisotopic (exact) mass is 563 g/mol. The number of nitrogens with one attached hydrogen (secondary N) is 2. The Bertz CT molecular complexity index is 1950. The van der Waals surface area contributed by atoms with Crippen molar-refractivity contribution < 1.29 is 18.4 Å². The summed E-state index contributed by atoms with van der Waals surface area (Å²) in [5, 5.41) is 6.59. The standard InChI is InChI=1S/C32H23F2N5O3/c33-24-11-8-20(14-25(24)34)17-39-18-35-16-23(32(39)42)30(40)36-13-3-4-19-7-10-22-28(15-19)38-31(41)29(22)27-12-9-21-5-1-2-6-26(21)37-27/h1-12,14-16,18,29H,13,17H2,(H,36,40)(H,38,41). The fourth-order valence-electron chi connectivity index (χ4n) is 4.92. The van der Waals surface area contributed by atoms with Crippen LogP contribution in [0.5, 0.6) is 0 Å². The predicted molar refractivity (Wildman–Crippen MR) is 154 cm³/mol. The summed E-state index contributed by atoms with van der Waals surface area (Å²) in [4.78, 5) is 46.9. The lowest BCUT2D eigenvalue weighted by molar-refractivity contribution is -0.116. The smallest absolute Gasteiger partial charge is 0.266 e. The number of para-hydroxylation sites is 1. The number of fused-ring (bicyclic) bond motifs is 2. The van der Waals surface area contributed by atoms with Crippen molar-refractivity contribution in [2.24, 2.45) is 0 Å². The van der Waals surface area contributed by atoms with Crippen molar-refractivity contribution in [3.8, 4) is 0 Å². The van der Waals surface area contributed by atoms with Crippen molar-refractivity contribution in [3.63, 3.8) is 0 Å². The van der Waals surface area contributed by atoms with Crippen LogP contribution in [0.1, 0.15) is 38.7 Å². The summed E-state index contributed by atoms with van der Waals surface area (Å²) >= 11 is 0. The van der Waals surface area contributed by atoms with Crippen LogP contribution in [-0.2, 0) is 11.3 Å². The van der Waals surface area contributed by atoms with Gasteiger partial charge in [0.15, 0.2) is 11.6 Å². The number of pyridine rings is 1. The van der Waals surface area contributed by atoms with Gasteiger partial charge in [0, 0.05) is 23.8 Å². The molecule has 2 amide bonds. The van der Waals surface area contributed by atoms with Crippen molar-refractivity contribution in [2.45, 2.75) is 12.5 Å². The zero-order chi connectivity index (χ0) is 29.2. The molecule has 10 heteroatoms. The zero-order valence-corrected chi connectivity index (χ0v) is 22.1. The second-order valence-electron chi connectivity index (χ2n) is 9.80. The van der Waals surface area contributed by atoms with E-state index in [0.717, 1.165) is 44.9 Å². The van der Waals surface area contributed by atoms with Gasteiger partial charge in [0.1, 0.15) is 11.5 Å². The number of amides is 2. The van der Waals surface area contributed by atoms with E-state index in [0.29, 0.717) is 16.9 Å². The van der Waals surface area contributed by atoms with Gasteiger partial charge in [-0.05, 0) is 47.0 Å². The predicted octanol–water partition coefficient (Wildman–Crippen LogP) is 4.65. The van der Waals surface area contributed by atoms with Crippen molar-refractivity contribution in [3.05, 3.63) is 141 Å². The quantitative estimate of drug-likeness (QED) is 0.300. The van der Waals surface area contributed by atoms with E-state index in [9.17, 15) is 23.2 Å². The maximum atomic E-state index is 13.5. The summed E-state index contributed by atoms with van der Waals surface area (Å²) in [6, 6.07) is 20.5. The average Bonchev–Trinajstić information content (AvgIpc) is 3.32. The van der Waals surface area contributed by atoms with E-state index in [4.69, 9.17) is 4.98 Å². The number of carbonyl (C=O) groups excluding carboxylic acids is 2. The number of hydrogen-bond acceptors (Lipinski definition) is 5. The Labute approximate surface area is 238 Å². The molecular weight excluding hydrogens is 540 g/mol. The topological polar surface area (TPSA) is 106 Å². The van der Waals surface area contributed by atoms with Gasteiger partial charge < -0.3 is 10.6 Å². The number of benzene rings is 3. The summed E-state index contributed by atoms with van der Waals surface area (Å²) in [6.07, 6.45) is 5.90. The van der Waals surface area contributed by atoms with Crippen molar-refractivity contribution in [2.75, 3.05) is 11.9 Å². The van der Waals surface area contributed by atoms with Crippen LogP contribution in [0.15, 0.2) is 96.2 Å². The molecule has 2 N–H and O–H groups in total. The fourth-order valence-corrected chi connectivity index (χ4v) is 4.92. The number of halogens is 2. The molecule has 3 aromatic carbocycles. The molecule has 0 spiro atoms. The van der Waals surface area contributed by atoms with Crippen LogP contribution in [-0.4, -0.2) is 32.9 Å². The molecule has 208 valence electrons. The van der Waals surface area contributed by atoms with Gasteiger partial charge >= 0.3 is 0 Å². The van der Waals surface area contributed by atoms with Gasteiger partial charge in [-0.1, -0.05) is 54.6 Å². The van der Waals surface area contributed by atoms with Gasteiger partial charge in [-0.3, -0.25) is 23.9 Å². The van der Waals surface area contributed by atoms with Crippen LogP contribution in [0.2, 0.25) is 0 Å². The molecule has 1 atom stereocenters. The molecular formula is C32H23F2N5O3. The molecule has 0 saturated heterocycles. The Balaban J connectivity index is 1.11. The number of hydrogen-bond donors (Lipinski definition) is 2. The lowest BCUT2D eigenvalue weighted by Crippen LogP contribution is -2.33. The molecule has 0 fully saturated rings. The second kappa shape index (κ2) is 11.2. The minimum absolute atomic E-state index is 0.0727. The Hall–Kier alpha value is -5.51. The maximum Gasteiger partial charge on any atom is 0.266 e. The van der Waals surface area contributed by atoms with Gasteiger partial charge in [-0.15, -0.1) is 0 Å². The third kappa shape index (κ3) is 5.29. The van der Waals surface area contributed by atoms with E-state index >= 15 is 0 Å². The van der Waals surface area contributed by atoms with E-state index in [1.54, 1.807) is 12.2 Å². The van der Waals surface area contributed by atoms with Crippen molar-refractivity contribution in [1.82, 2.24) is 19.9 Å². The maximum absolute atomic E-state index is 13.5. The molecule has 0 aliphatic carbocycles. The molecule has 42 heavy (non-hydrogen) atoms. The first kappa shape index (κ1) is 26.7. The van der Waals surface area contributed by atoms with E-state index < -0.39 is 29.0 Å². The molecule has 1 aliphatic rings. The van der Waals surface area contributed by atoms with Gasteiger partial charge in [-0.2, -0.15) is 0 Å². The molecule has 1 aliphatic heterocycles. The summed E-state index contributed by atoms with van der Waals surface area (Å²) in [5.41, 5.74) is 3.41.